The first-order chi connectivity index (χ1) is 7.11. The average molecular weight is 226 g/mol. The summed E-state index contributed by atoms with van der Waals surface area (Å²) in [5.74, 6) is 0.00806. The Labute approximate surface area is 95.8 Å². The summed E-state index contributed by atoms with van der Waals surface area (Å²) in [6.45, 7) is 7.25. The Balaban J connectivity index is 3.05. The molecule has 0 atom stereocenters. The van der Waals surface area contributed by atoms with E-state index in [-0.39, 0.29) is 5.91 Å². The first kappa shape index (κ1) is 12.1. The molecule has 3 heteroatoms. The van der Waals surface area contributed by atoms with E-state index in [0.717, 1.165) is 5.56 Å². The van der Waals surface area contributed by atoms with Crippen LogP contribution in [0.2, 0.25) is 5.02 Å². The zero-order valence-corrected chi connectivity index (χ0v) is 10.1. The number of amides is 1. The van der Waals surface area contributed by atoms with Gasteiger partial charge in [0, 0.05) is 13.1 Å². The fourth-order valence-corrected chi connectivity index (χ4v) is 1.70. The normalized spacial score (nSPS) is 10.1. The minimum atomic E-state index is 0.00806. The Morgan fingerprint density at radius 3 is 2.47 bits per heavy atom. The lowest BCUT2D eigenvalue weighted by atomic mass is 10.1. The zero-order valence-electron chi connectivity index (χ0n) is 9.38. The minimum absolute atomic E-state index is 0.00806. The highest BCUT2D eigenvalue weighted by atomic mass is 35.5. The van der Waals surface area contributed by atoms with E-state index in [1.54, 1.807) is 11.0 Å². The topological polar surface area (TPSA) is 20.3 Å². The first-order valence-electron chi connectivity index (χ1n) is 5.16. The lowest BCUT2D eigenvalue weighted by molar-refractivity contribution is 0.0773. The molecule has 0 bridgehead atoms. The van der Waals surface area contributed by atoms with Crippen LogP contribution in [0.4, 0.5) is 0 Å². The van der Waals surface area contributed by atoms with Crippen LogP contribution in [-0.2, 0) is 0 Å². The standard InChI is InChI=1S/C12H16ClNO/c1-4-14(5-2)12(15)10-8-6-7-9(3)11(10)13/h6-8H,4-5H2,1-3H3. The molecule has 1 aromatic carbocycles. The maximum absolute atomic E-state index is 12.0. The third kappa shape index (κ3) is 2.51. The van der Waals surface area contributed by atoms with Gasteiger partial charge in [0.2, 0.25) is 0 Å². The number of nitrogens with zero attached hydrogens (tertiary/aromatic N) is 1. The van der Waals surface area contributed by atoms with Crippen molar-refractivity contribution in [3.63, 3.8) is 0 Å². The van der Waals surface area contributed by atoms with Crippen LogP contribution < -0.4 is 0 Å². The maximum atomic E-state index is 12.0. The van der Waals surface area contributed by atoms with Crippen LogP contribution in [0, 0.1) is 6.92 Å². The Hall–Kier alpha value is -1.02. The molecule has 1 aromatic rings. The van der Waals surface area contributed by atoms with Gasteiger partial charge in [0.25, 0.3) is 5.91 Å². The third-order valence-corrected chi connectivity index (χ3v) is 2.97. The molecule has 0 aliphatic heterocycles. The van der Waals surface area contributed by atoms with Crippen molar-refractivity contribution in [2.24, 2.45) is 0 Å². The predicted molar refractivity (Wildman–Crippen MR) is 63.4 cm³/mol. The molecule has 1 amide bonds. The second-order valence-electron chi connectivity index (χ2n) is 3.41. The predicted octanol–water partition coefficient (Wildman–Crippen LogP) is 3.13. The van der Waals surface area contributed by atoms with Gasteiger partial charge in [-0.3, -0.25) is 4.79 Å². The summed E-state index contributed by atoms with van der Waals surface area (Å²) in [5, 5.41) is 0.564. The highest BCUT2D eigenvalue weighted by Crippen LogP contribution is 2.21. The van der Waals surface area contributed by atoms with E-state index in [9.17, 15) is 4.79 Å². The summed E-state index contributed by atoms with van der Waals surface area (Å²) in [5.41, 5.74) is 1.54. The second-order valence-corrected chi connectivity index (χ2v) is 3.79. The summed E-state index contributed by atoms with van der Waals surface area (Å²) in [7, 11) is 0. The van der Waals surface area contributed by atoms with Crippen LogP contribution in [0.15, 0.2) is 18.2 Å². The maximum Gasteiger partial charge on any atom is 0.255 e. The Morgan fingerprint density at radius 1 is 1.33 bits per heavy atom. The van der Waals surface area contributed by atoms with Crippen LogP contribution >= 0.6 is 11.6 Å². The van der Waals surface area contributed by atoms with Gasteiger partial charge in [-0.1, -0.05) is 23.7 Å². The molecule has 0 saturated carbocycles. The number of carbonyl (C=O) groups excluding carboxylic acids is 1. The summed E-state index contributed by atoms with van der Waals surface area (Å²) in [4.78, 5) is 13.8. The van der Waals surface area contributed by atoms with Crippen molar-refractivity contribution in [2.45, 2.75) is 20.8 Å². The largest absolute Gasteiger partial charge is 0.339 e. The molecule has 0 aliphatic carbocycles. The van der Waals surface area contributed by atoms with Crippen LogP contribution in [0.1, 0.15) is 29.8 Å². The number of aryl methyl sites for hydroxylation is 1. The number of benzene rings is 1. The van der Waals surface area contributed by atoms with Gasteiger partial charge in [-0.05, 0) is 32.4 Å². The quantitative estimate of drug-likeness (QED) is 0.774. The third-order valence-electron chi connectivity index (χ3n) is 2.47. The van der Waals surface area contributed by atoms with Crippen molar-refractivity contribution in [3.05, 3.63) is 34.3 Å². The van der Waals surface area contributed by atoms with E-state index in [1.165, 1.54) is 0 Å². The lowest BCUT2D eigenvalue weighted by Gasteiger charge is -2.19. The molecule has 1 rings (SSSR count). The molecule has 0 fully saturated rings. The Kier molecular flexibility index (Phi) is 4.15. The second kappa shape index (κ2) is 5.17. The molecule has 0 saturated heterocycles. The van der Waals surface area contributed by atoms with Crippen molar-refractivity contribution in [1.82, 2.24) is 4.90 Å². The lowest BCUT2D eigenvalue weighted by Crippen LogP contribution is -2.30. The fraction of sp³-hybridized carbons (Fsp3) is 0.417. The van der Waals surface area contributed by atoms with Gasteiger partial charge in [-0.2, -0.15) is 0 Å². The number of carbonyl (C=O) groups is 1. The van der Waals surface area contributed by atoms with Gasteiger partial charge in [0.15, 0.2) is 0 Å². The number of rotatable bonds is 3. The van der Waals surface area contributed by atoms with Gasteiger partial charge in [0.05, 0.1) is 10.6 Å². The van der Waals surface area contributed by atoms with E-state index >= 15 is 0 Å². The molecule has 2 nitrogen and oxygen atoms in total. The molecule has 0 spiro atoms. The number of hydrogen-bond acceptors (Lipinski definition) is 1. The van der Waals surface area contributed by atoms with Crippen LogP contribution in [0.25, 0.3) is 0 Å². The zero-order chi connectivity index (χ0) is 11.4. The van der Waals surface area contributed by atoms with Gasteiger partial charge in [-0.15, -0.1) is 0 Å². The van der Waals surface area contributed by atoms with Gasteiger partial charge < -0.3 is 4.90 Å². The summed E-state index contributed by atoms with van der Waals surface area (Å²) < 4.78 is 0. The molecule has 0 N–H and O–H groups in total. The van der Waals surface area contributed by atoms with Crippen molar-refractivity contribution >= 4 is 17.5 Å². The fourth-order valence-electron chi connectivity index (χ4n) is 1.49. The molecule has 0 aliphatic rings. The highest BCUT2D eigenvalue weighted by molar-refractivity contribution is 6.34. The number of hydrogen-bond donors (Lipinski definition) is 0. The minimum Gasteiger partial charge on any atom is -0.339 e. The molecule has 0 unspecified atom stereocenters. The van der Waals surface area contributed by atoms with Crippen molar-refractivity contribution in [2.75, 3.05) is 13.1 Å². The van der Waals surface area contributed by atoms with E-state index in [0.29, 0.717) is 23.7 Å². The molecule has 0 heterocycles. The van der Waals surface area contributed by atoms with Crippen LogP contribution in [0.5, 0.6) is 0 Å². The molecule has 0 aromatic heterocycles. The van der Waals surface area contributed by atoms with Crippen molar-refractivity contribution in [1.29, 1.82) is 0 Å². The molecular formula is C12H16ClNO. The van der Waals surface area contributed by atoms with E-state index < -0.39 is 0 Å². The molecule has 82 valence electrons. The smallest absolute Gasteiger partial charge is 0.255 e. The monoisotopic (exact) mass is 225 g/mol. The van der Waals surface area contributed by atoms with E-state index in [2.05, 4.69) is 0 Å². The molecule has 15 heavy (non-hydrogen) atoms. The summed E-state index contributed by atoms with van der Waals surface area (Å²) >= 11 is 6.10. The van der Waals surface area contributed by atoms with E-state index in [4.69, 9.17) is 11.6 Å². The Bertz CT molecular complexity index is 359. The average Bonchev–Trinajstić information content (AvgIpc) is 2.23. The summed E-state index contributed by atoms with van der Waals surface area (Å²) in [6.07, 6.45) is 0. The van der Waals surface area contributed by atoms with Gasteiger partial charge >= 0.3 is 0 Å². The van der Waals surface area contributed by atoms with E-state index in [1.807, 2.05) is 32.9 Å². The highest BCUT2D eigenvalue weighted by Gasteiger charge is 2.16. The summed E-state index contributed by atoms with van der Waals surface area (Å²) in [6, 6.07) is 5.54. The molecular weight excluding hydrogens is 210 g/mol. The van der Waals surface area contributed by atoms with Crippen LogP contribution in [0.3, 0.4) is 0 Å². The number of halogens is 1. The first-order valence-corrected chi connectivity index (χ1v) is 5.54. The van der Waals surface area contributed by atoms with Gasteiger partial charge in [0.1, 0.15) is 0 Å². The molecule has 0 radical (unpaired) electrons. The Morgan fingerprint density at radius 2 is 1.93 bits per heavy atom. The van der Waals surface area contributed by atoms with Crippen LogP contribution in [-0.4, -0.2) is 23.9 Å². The van der Waals surface area contributed by atoms with Crippen molar-refractivity contribution in [3.8, 4) is 0 Å². The SMILES string of the molecule is CCN(CC)C(=O)c1cccc(C)c1Cl. The van der Waals surface area contributed by atoms with Gasteiger partial charge in [-0.25, -0.2) is 0 Å². The van der Waals surface area contributed by atoms with Crippen molar-refractivity contribution < 1.29 is 4.79 Å².